The predicted molar refractivity (Wildman–Crippen MR) is 508 cm³/mol. The molecular formula is C94H133B2N19O19. The van der Waals surface area contributed by atoms with Crippen LogP contribution in [-0.2, 0) is 78.4 Å². The molecule has 0 saturated heterocycles. The van der Waals surface area contributed by atoms with Gasteiger partial charge in [-0.2, -0.15) is 0 Å². The SMILES string of the molecule is NCCCC[C@H](NC(=O)[C@H](CCCCN)NC(=O)[C@H](CCCCNC(=O)[C@H](Cc1ccccc1)NC(=O)[C@H](CCCCNC(=O)c1ccc(B(O)O)cc1)NC(=O)[C@@H](N)CCCCN)NC(=O)[C@H](Cc1ccccc1)NC(=O)[C@H](CCCCNC(=O)c1ccc(B(O)O)cc1)NC(=O)[C@@H](N)CCCCN)C(=O)N[C@@H](Cc1c[nH]c2ccccc12)C(=O)N[C@@H](Cc1ccc(O)cc1)C(=O)O. The van der Waals surface area contributed by atoms with Crippen LogP contribution < -0.4 is 109 Å². The summed E-state index contributed by atoms with van der Waals surface area (Å²) in [7, 11) is -3.48. The molecule has 12 amide bonds. The van der Waals surface area contributed by atoms with E-state index in [0.717, 1.165) is 0 Å². The molecule has 0 fully saturated rings. The van der Waals surface area contributed by atoms with Gasteiger partial charge in [0.2, 0.25) is 59.1 Å². The predicted octanol–water partition coefficient (Wildman–Crippen LogP) is -1.39. The third kappa shape index (κ3) is 38.2. The topological polar surface area (TPSA) is 660 Å². The zero-order chi connectivity index (χ0) is 97.3. The van der Waals surface area contributed by atoms with Crippen LogP contribution in [0.3, 0.4) is 0 Å². The van der Waals surface area contributed by atoms with E-state index in [-0.39, 0.29) is 176 Å². The van der Waals surface area contributed by atoms with Crippen LogP contribution in [0.15, 0.2) is 164 Å². The third-order valence-electron chi connectivity index (χ3n) is 22.8. The molecule has 1 aromatic heterocycles. The number of aromatic hydroxyl groups is 1. The van der Waals surface area contributed by atoms with E-state index in [1.54, 1.807) is 91.1 Å². The standard InChI is InChI=1S/C94H133B2N19O19/c97-48-16-9-28-70(101)84(119)107-73(33-13-20-52-103-82(117)63-38-42-66(43-39-63)95(131)132)89(124)112-78(55-60-23-3-1-4-24-60)86(121)105-54-22-15-35-77(111-92(127)79(56-61-25-5-2-6-26-61)113-90(125)74(108-85(120)71(102)29-10-17-49-98)34-14-21-53-104-83(118)64-40-44-67(45-41-64)96(133)134)88(123)109-75(31-11-18-50-99)87(122)110-76(32-12-19-51-100)91(126)114-80(58-65-59-106-72-30-8-7-27-69(65)72)93(128)115-81(94(129)130)57-62-36-46-68(116)47-37-62/h1-8,23-27,30,36-47,59,70-71,73-81,106,116,131-134H,9-22,28-29,31-35,48-58,97-102H2,(H,103,117)(H,104,118)(H,105,121)(H,107,119)(H,108,120)(H,109,123)(H,110,122)(H,111,127)(H,112,124)(H,113,125)(H,114,126)(H,115,128)(H,129,130)/t70-,71-,73-,74-,75-,76-,77-,78-,79-,80-,81-/m0/s1. The maximum atomic E-state index is 15.6. The fraction of sp³-hybridized carbons (Fsp3) is 0.457. The van der Waals surface area contributed by atoms with Crippen molar-refractivity contribution < 1.29 is 92.6 Å². The van der Waals surface area contributed by atoms with Crippen molar-refractivity contribution >= 4 is 113 Å². The van der Waals surface area contributed by atoms with Gasteiger partial charge in [0.05, 0.1) is 12.1 Å². The molecule has 0 bridgehead atoms. The van der Waals surface area contributed by atoms with Gasteiger partial charge in [-0.25, -0.2) is 4.79 Å². The molecule has 0 saturated carbocycles. The highest BCUT2D eigenvalue weighted by atomic mass is 16.4. The first kappa shape index (κ1) is 109. The molecule has 40 heteroatoms. The molecule has 11 atom stereocenters. The highest BCUT2D eigenvalue weighted by Gasteiger charge is 2.37. The van der Waals surface area contributed by atoms with Crippen LogP contribution in [0.5, 0.6) is 5.75 Å². The number of amides is 12. The number of H-pyrrole nitrogens is 1. The van der Waals surface area contributed by atoms with Crippen molar-refractivity contribution in [2.24, 2.45) is 34.4 Å². The van der Waals surface area contributed by atoms with Crippen molar-refractivity contribution in [2.75, 3.05) is 45.8 Å². The highest BCUT2D eigenvalue weighted by molar-refractivity contribution is 6.59. The number of rotatable bonds is 63. The van der Waals surface area contributed by atoms with Crippen molar-refractivity contribution in [3.8, 4) is 5.75 Å². The van der Waals surface area contributed by atoms with E-state index >= 15 is 24.0 Å². The largest absolute Gasteiger partial charge is 0.508 e. The van der Waals surface area contributed by atoms with Crippen LogP contribution in [0, 0.1) is 0 Å². The van der Waals surface area contributed by atoms with Gasteiger partial charge in [0.25, 0.3) is 11.8 Å². The number of aliphatic carboxylic acids is 1. The lowest BCUT2D eigenvalue weighted by molar-refractivity contribution is -0.142. The Hall–Kier alpha value is -12.5. The van der Waals surface area contributed by atoms with Gasteiger partial charge in [0.1, 0.15) is 60.1 Å². The minimum absolute atomic E-state index is 0.0363. The van der Waals surface area contributed by atoms with Crippen LogP contribution in [0.1, 0.15) is 178 Å². The number of hydrogen-bond acceptors (Lipinski definition) is 24. The molecule has 0 aliphatic heterocycles. The quantitative estimate of drug-likeness (QED) is 0.0154. The number of nitrogens with two attached hydrogens (primary N) is 6. The zero-order valence-electron chi connectivity index (χ0n) is 75.7. The zero-order valence-corrected chi connectivity index (χ0v) is 75.7. The molecule has 0 aliphatic rings. The monoisotopic (exact) mass is 1850 g/mol. The number of carbonyl (C=O) groups excluding carboxylic acids is 12. The number of carboxylic acids is 1. The number of phenols is 1. The third-order valence-corrected chi connectivity index (χ3v) is 22.8. The van der Waals surface area contributed by atoms with Gasteiger partial charge in [0.15, 0.2) is 0 Å². The van der Waals surface area contributed by atoms with Gasteiger partial charge in [-0.05, 0) is 224 Å². The van der Waals surface area contributed by atoms with Crippen molar-refractivity contribution in [1.82, 2.24) is 68.8 Å². The molecule has 134 heavy (non-hydrogen) atoms. The summed E-state index contributed by atoms with van der Waals surface area (Å²) in [4.78, 5) is 190. The first-order chi connectivity index (χ1) is 64.5. The summed E-state index contributed by atoms with van der Waals surface area (Å²) < 4.78 is 0. The number of nitrogens with one attached hydrogen (secondary N) is 13. The van der Waals surface area contributed by atoms with Crippen molar-refractivity contribution in [1.29, 1.82) is 0 Å². The normalized spacial score (nSPS) is 13.6. The highest BCUT2D eigenvalue weighted by Crippen LogP contribution is 2.22. The second-order valence-corrected chi connectivity index (χ2v) is 33.3. The van der Waals surface area contributed by atoms with Crippen LogP contribution in [-0.4, -0.2) is 239 Å². The summed E-state index contributed by atoms with van der Waals surface area (Å²) in [5.74, 6) is -10.4. The Morgan fingerprint density at radius 3 is 0.978 bits per heavy atom. The molecule has 0 unspecified atom stereocenters. The lowest BCUT2D eigenvalue weighted by Gasteiger charge is -2.28. The molecule has 1 heterocycles. The molecule has 38 nitrogen and oxygen atoms in total. The Kier molecular flexibility index (Phi) is 47.9. The lowest BCUT2D eigenvalue weighted by Crippen LogP contribution is -2.60. The van der Waals surface area contributed by atoms with Gasteiger partial charge in [-0.1, -0.05) is 128 Å². The van der Waals surface area contributed by atoms with Crippen LogP contribution in [0.2, 0.25) is 0 Å². The summed E-state index contributed by atoms with van der Waals surface area (Å²) in [6, 6.07) is 26.6. The molecule has 0 spiro atoms. The molecule has 0 aliphatic carbocycles. The molecule has 7 aromatic rings. The molecule has 31 N–H and O–H groups in total. The number of carbonyl (C=O) groups is 13. The molecule has 7 rings (SSSR count). The number of aromatic nitrogens is 1. The van der Waals surface area contributed by atoms with Gasteiger partial charge in [0, 0.05) is 73.5 Å². The average molecular weight is 1850 g/mol. The van der Waals surface area contributed by atoms with Crippen LogP contribution in [0.4, 0.5) is 0 Å². The number of para-hydroxylation sites is 1. The Balaban J connectivity index is 1.18. The minimum Gasteiger partial charge on any atom is -0.508 e. The van der Waals surface area contributed by atoms with Crippen molar-refractivity contribution in [2.45, 2.75) is 227 Å². The number of unbranched alkanes of at least 4 members (excludes halogenated alkanes) is 7. The van der Waals surface area contributed by atoms with Crippen LogP contribution >= 0.6 is 0 Å². The van der Waals surface area contributed by atoms with E-state index in [2.05, 4.69) is 68.8 Å². The van der Waals surface area contributed by atoms with E-state index in [9.17, 15) is 68.7 Å². The smallest absolute Gasteiger partial charge is 0.488 e. The molecule has 724 valence electrons. The van der Waals surface area contributed by atoms with Crippen LogP contribution in [0.25, 0.3) is 10.9 Å². The Morgan fingerprint density at radius 2 is 0.604 bits per heavy atom. The van der Waals surface area contributed by atoms with Gasteiger partial charge in [-0.15, -0.1) is 0 Å². The maximum absolute atomic E-state index is 15.6. The fourth-order valence-electron chi connectivity index (χ4n) is 15.0. The number of hydrogen-bond donors (Lipinski definition) is 25. The summed E-state index contributed by atoms with van der Waals surface area (Å²) in [5.41, 5.74) is 40.0. The molecular weight excluding hydrogens is 1720 g/mol. The number of phenolic OH excluding ortho intramolecular Hbond substituents is 1. The Labute approximate surface area is 780 Å². The first-order valence-electron chi connectivity index (χ1n) is 45.9. The first-order valence-corrected chi connectivity index (χ1v) is 45.9. The van der Waals surface area contributed by atoms with E-state index < -0.39 is 158 Å². The van der Waals surface area contributed by atoms with E-state index in [4.69, 9.17) is 34.4 Å². The molecule has 6 aromatic carbocycles. The number of aromatic amines is 1. The number of fused-ring (bicyclic) bond motifs is 1. The van der Waals surface area contributed by atoms with E-state index in [0.29, 0.717) is 91.2 Å². The average Bonchev–Trinajstić information content (AvgIpc) is 1.65. The Bertz CT molecular complexity index is 4860. The summed E-state index contributed by atoms with van der Waals surface area (Å²) in [5, 5.41) is 92.9. The van der Waals surface area contributed by atoms with E-state index in [1.165, 1.54) is 72.8 Å². The fourth-order valence-corrected chi connectivity index (χ4v) is 15.0. The number of carboxylic acid groups (broad SMARTS) is 1. The maximum Gasteiger partial charge on any atom is 0.488 e. The summed E-state index contributed by atoms with van der Waals surface area (Å²) >= 11 is 0. The van der Waals surface area contributed by atoms with Crippen molar-refractivity contribution in [3.05, 3.63) is 197 Å². The van der Waals surface area contributed by atoms with Gasteiger partial charge in [-0.3, -0.25) is 57.5 Å². The van der Waals surface area contributed by atoms with Crippen molar-refractivity contribution in [3.63, 3.8) is 0 Å². The summed E-state index contributed by atoms with van der Waals surface area (Å²) in [6.45, 7) is 1.18. The minimum atomic E-state index is -1.75. The number of benzene rings is 6. The Morgan fingerprint density at radius 1 is 0.306 bits per heavy atom. The van der Waals surface area contributed by atoms with Gasteiger partial charge < -0.3 is 133 Å². The van der Waals surface area contributed by atoms with Gasteiger partial charge >= 0.3 is 20.2 Å². The second kappa shape index (κ2) is 59.2. The summed E-state index contributed by atoms with van der Waals surface area (Å²) in [6.07, 6.45) is 5.72. The lowest BCUT2D eigenvalue weighted by atomic mass is 9.80. The second-order valence-electron chi connectivity index (χ2n) is 33.3. The molecule has 0 radical (unpaired) electrons. The van der Waals surface area contributed by atoms with E-state index in [1.807, 2.05) is 0 Å².